The van der Waals surface area contributed by atoms with Gasteiger partial charge in [0.05, 0.1) is 11.9 Å². The van der Waals surface area contributed by atoms with E-state index in [1.54, 1.807) is 17.0 Å². The summed E-state index contributed by atoms with van der Waals surface area (Å²) in [4.78, 5) is 14.1. The van der Waals surface area contributed by atoms with Crippen LogP contribution in [0, 0.1) is 0 Å². The van der Waals surface area contributed by atoms with E-state index < -0.39 is 10.0 Å². The van der Waals surface area contributed by atoms with Gasteiger partial charge in [0.15, 0.2) is 0 Å². The van der Waals surface area contributed by atoms with Crippen molar-refractivity contribution in [1.82, 2.24) is 4.90 Å². The summed E-state index contributed by atoms with van der Waals surface area (Å²) in [5.41, 5.74) is 2.24. The van der Waals surface area contributed by atoms with Crippen molar-refractivity contribution in [2.75, 3.05) is 23.7 Å². The molecular weight excluding hydrogens is 288 g/mol. The van der Waals surface area contributed by atoms with E-state index >= 15 is 0 Å². The van der Waals surface area contributed by atoms with E-state index in [0.717, 1.165) is 5.56 Å². The van der Waals surface area contributed by atoms with E-state index in [-0.39, 0.29) is 11.9 Å². The second-order valence-electron chi connectivity index (χ2n) is 5.43. The second-order valence-corrected chi connectivity index (χ2v) is 7.29. The smallest absolute Gasteiger partial charge is 0.253 e. The number of amides is 1. The number of sulfonamides is 1. The molecule has 0 saturated heterocycles. The van der Waals surface area contributed by atoms with Crippen molar-refractivity contribution in [3.8, 4) is 0 Å². The fraction of sp³-hybridized carbons (Fsp3) is 0.533. The van der Waals surface area contributed by atoms with Gasteiger partial charge in [-0.05, 0) is 51.0 Å². The van der Waals surface area contributed by atoms with Gasteiger partial charge in [0.25, 0.3) is 5.91 Å². The summed E-state index contributed by atoms with van der Waals surface area (Å²) < 4.78 is 25.2. The minimum Gasteiger partial charge on any atom is -0.339 e. The van der Waals surface area contributed by atoms with Crippen LogP contribution in [0.15, 0.2) is 18.2 Å². The lowest BCUT2D eigenvalue weighted by molar-refractivity contribution is 0.0773. The van der Waals surface area contributed by atoms with Gasteiger partial charge in [0, 0.05) is 24.7 Å². The Labute approximate surface area is 126 Å². The summed E-state index contributed by atoms with van der Waals surface area (Å²) >= 11 is 0. The van der Waals surface area contributed by atoms with Crippen molar-refractivity contribution in [3.05, 3.63) is 29.3 Å². The average molecular weight is 310 g/mol. The number of fused-ring (bicyclic) bond motifs is 1. The van der Waals surface area contributed by atoms with Crippen molar-refractivity contribution in [2.45, 2.75) is 33.2 Å². The molecule has 6 heteroatoms. The molecule has 0 radical (unpaired) electrons. The third-order valence-corrected chi connectivity index (χ3v) is 5.16. The zero-order valence-corrected chi connectivity index (χ0v) is 13.8. The zero-order chi connectivity index (χ0) is 15.8. The number of nitrogens with zero attached hydrogens (tertiary/aromatic N) is 2. The molecule has 5 nitrogen and oxygen atoms in total. The summed E-state index contributed by atoms with van der Waals surface area (Å²) in [6, 6.07) is 5.19. The highest BCUT2D eigenvalue weighted by molar-refractivity contribution is 7.92. The normalized spacial score (nSPS) is 17.7. The summed E-state index contributed by atoms with van der Waals surface area (Å²) in [6.07, 6.45) is 1.86. The first-order valence-electron chi connectivity index (χ1n) is 7.21. The van der Waals surface area contributed by atoms with Gasteiger partial charge in [-0.3, -0.25) is 9.10 Å². The molecule has 1 aliphatic heterocycles. The highest BCUT2D eigenvalue weighted by atomic mass is 32.2. The van der Waals surface area contributed by atoms with Crippen LogP contribution < -0.4 is 4.31 Å². The third kappa shape index (κ3) is 2.90. The second kappa shape index (κ2) is 5.67. The summed E-state index contributed by atoms with van der Waals surface area (Å²) in [7, 11) is -3.29. The molecule has 21 heavy (non-hydrogen) atoms. The molecule has 0 bridgehead atoms. The molecule has 0 N–H and O–H groups in total. The molecule has 1 heterocycles. The molecule has 0 saturated carbocycles. The Bertz CT molecular complexity index is 651. The van der Waals surface area contributed by atoms with Gasteiger partial charge in [-0.15, -0.1) is 0 Å². The lowest BCUT2D eigenvalue weighted by Crippen LogP contribution is -2.34. The molecule has 1 aromatic carbocycles. The highest BCUT2D eigenvalue weighted by Crippen LogP contribution is 2.34. The van der Waals surface area contributed by atoms with Gasteiger partial charge < -0.3 is 4.90 Å². The Balaban J connectivity index is 2.39. The van der Waals surface area contributed by atoms with Gasteiger partial charge in [-0.1, -0.05) is 0 Å². The molecule has 1 amide bonds. The molecule has 0 aromatic heterocycles. The Kier molecular flexibility index (Phi) is 4.27. The van der Waals surface area contributed by atoms with E-state index in [1.165, 1.54) is 10.6 Å². The molecule has 2 rings (SSSR count). The van der Waals surface area contributed by atoms with Crippen LogP contribution in [0.4, 0.5) is 5.69 Å². The van der Waals surface area contributed by atoms with Crippen LogP contribution in [0.2, 0.25) is 0 Å². The monoisotopic (exact) mass is 310 g/mol. The van der Waals surface area contributed by atoms with Crippen molar-refractivity contribution in [3.63, 3.8) is 0 Å². The van der Waals surface area contributed by atoms with Crippen LogP contribution in [0.25, 0.3) is 0 Å². The van der Waals surface area contributed by atoms with E-state index in [2.05, 4.69) is 0 Å². The van der Waals surface area contributed by atoms with Gasteiger partial charge in [-0.2, -0.15) is 0 Å². The fourth-order valence-electron chi connectivity index (χ4n) is 2.93. The Hall–Kier alpha value is -1.56. The van der Waals surface area contributed by atoms with Gasteiger partial charge in [-0.25, -0.2) is 8.42 Å². The van der Waals surface area contributed by atoms with Crippen LogP contribution in [0.1, 0.15) is 36.7 Å². The van der Waals surface area contributed by atoms with Crippen molar-refractivity contribution < 1.29 is 13.2 Å². The largest absolute Gasteiger partial charge is 0.339 e. The first kappa shape index (κ1) is 15.8. The summed E-state index contributed by atoms with van der Waals surface area (Å²) in [6.45, 7) is 7.11. The van der Waals surface area contributed by atoms with Gasteiger partial charge in [0.2, 0.25) is 10.0 Å². The molecule has 1 aromatic rings. The SMILES string of the molecule is CCN(CC)C(=O)c1ccc2c(c1)C[C@@H](C)N2S(C)(=O)=O. The van der Waals surface area contributed by atoms with E-state index in [0.29, 0.717) is 30.8 Å². The van der Waals surface area contributed by atoms with Crippen molar-refractivity contribution in [2.24, 2.45) is 0 Å². The molecule has 116 valence electrons. The molecule has 0 unspecified atom stereocenters. The highest BCUT2D eigenvalue weighted by Gasteiger charge is 2.32. The maximum Gasteiger partial charge on any atom is 0.253 e. The van der Waals surface area contributed by atoms with Crippen molar-refractivity contribution >= 4 is 21.6 Å². The number of carbonyl (C=O) groups is 1. The number of carbonyl (C=O) groups excluding carboxylic acids is 1. The minimum atomic E-state index is -3.29. The average Bonchev–Trinajstić information content (AvgIpc) is 2.74. The number of hydrogen-bond donors (Lipinski definition) is 0. The molecular formula is C15H22N2O3S. The summed E-state index contributed by atoms with van der Waals surface area (Å²) in [5, 5.41) is 0. The van der Waals surface area contributed by atoms with Crippen molar-refractivity contribution in [1.29, 1.82) is 0 Å². The first-order chi connectivity index (χ1) is 9.79. The predicted octanol–water partition coefficient (Wildman–Crippen LogP) is 1.88. The zero-order valence-electron chi connectivity index (χ0n) is 13.0. The third-order valence-electron chi connectivity index (χ3n) is 3.89. The Morgan fingerprint density at radius 3 is 2.48 bits per heavy atom. The van der Waals surface area contributed by atoms with Crippen LogP contribution in [0.3, 0.4) is 0 Å². The lowest BCUT2D eigenvalue weighted by atomic mass is 10.1. The molecule has 0 spiro atoms. The lowest BCUT2D eigenvalue weighted by Gasteiger charge is -2.22. The Morgan fingerprint density at radius 1 is 1.33 bits per heavy atom. The quantitative estimate of drug-likeness (QED) is 0.853. The molecule has 1 aliphatic rings. The number of rotatable bonds is 4. The maximum absolute atomic E-state index is 12.4. The molecule has 0 fully saturated rings. The van der Waals surface area contributed by atoms with Gasteiger partial charge >= 0.3 is 0 Å². The number of benzene rings is 1. The van der Waals surface area contributed by atoms with Crippen LogP contribution in [0.5, 0.6) is 0 Å². The van der Waals surface area contributed by atoms with E-state index in [4.69, 9.17) is 0 Å². The summed E-state index contributed by atoms with van der Waals surface area (Å²) in [5.74, 6) is -0.00624. The number of hydrogen-bond acceptors (Lipinski definition) is 3. The van der Waals surface area contributed by atoms with Gasteiger partial charge in [0.1, 0.15) is 0 Å². The van der Waals surface area contributed by atoms with E-state index in [9.17, 15) is 13.2 Å². The minimum absolute atomic E-state index is 0.00624. The van der Waals surface area contributed by atoms with Crippen LogP contribution in [-0.4, -0.2) is 44.6 Å². The fourth-order valence-corrected chi connectivity index (χ4v) is 4.20. The van der Waals surface area contributed by atoms with Crippen LogP contribution in [-0.2, 0) is 16.4 Å². The first-order valence-corrected chi connectivity index (χ1v) is 9.06. The molecule has 0 aliphatic carbocycles. The Morgan fingerprint density at radius 2 is 1.95 bits per heavy atom. The topological polar surface area (TPSA) is 57.7 Å². The number of anilines is 1. The standard InChI is InChI=1S/C15H22N2O3S/c1-5-16(6-2)15(18)12-7-8-14-13(10-12)9-11(3)17(14)21(4,19)20/h7-8,10-11H,5-6,9H2,1-4H3/t11-/m1/s1. The maximum atomic E-state index is 12.4. The van der Waals surface area contributed by atoms with E-state index in [1.807, 2.05) is 26.8 Å². The van der Waals surface area contributed by atoms with Crippen LogP contribution >= 0.6 is 0 Å². The predicted molar refractivity (Wildman–Crippen MR) is 84.2 cm³/mol. The molecule has 1 atom stereocenters.